The van der Waals surface area contributed by atoms with Gasteiger partial charge in [0.1, 0.15) is 0 Å². The summed E-state index contributed by atoms with van der Waals surface area (Å²) in [5.41, 5.74) is 6.85. The molecule has 0 spiro atoms. The highest BCUT2D eigenvalue weighted by molar-refractivity contribution is 6.33. The van der Waals surface area contributed by atoms with Crippen molar-refractivity contribution in [2.24, 2.45) is 0 Å². The van der Waals surface area contributed by atoms with Crippen molar-refractivity contribution >= 4 is 172 Å². The third-order valence-corrected chi connectivity index (χ3v) is 21.6. The molecule has 0 aliphatic carbocycles. The molecule has 117 heavy (non-hydrogen) atoms. The summed E-state index contributed by atoms with van der Waals surface area (Å²) in [6.07, 6.45) is 0. The van der Waals surface area contributed by atoms with E-state index in [0.29, 0.717) is 0 Å². The maximum atomic E-state index is 2.32. The third-order valence-electron chi connectivity index (χ3n) is 21.6. The molecule has 0 aromatic heterocycles. The van der Waals surface area contributed by atoms with E-state index in [4.69, 9.17) is 0 Å². The van der Waals surface area contributed by atoms with Crippen molar-refractivity contribution in [3.05, 3.63) is 398 Å². The lowest BCUT2D eigenvalue weighted by Crippen LogP contribution is -1.89. The van der Waals surface area contributed by atoms with E-state index in [0.717, 1.165) is 0 Å². The summed E-state index contributed by atoms with van der Waals surface area (Å²) in [5.74, 6) is 0. The average molecular weight is 1520 g/mol. The Balaban J connectivity index is 0.000000144. The number of rotatable bonds is 0. The number of hydrogen-bond acceptors (Lipinski definition) is 0. The van der Waals surface area contributed by atoms with Gasteiger partial charge < -0.3 is 0 Å². The largest absolute Gasteiger partial charge is 0.0683 e. The van der Waals surface area contributed by atoms with Gasteiger partial charge >= 0.3 is 0 Å². The van der Waals surface area contributed by atoms with Gasteiger partial charge in [0.05, 0.1) is 0 Å². The van der Waals surface area contributed by atoms with Crippen LogP contribution in [-0.4, -0.2) is 0 Å². The van der Waals surface area contributed by atoms with Crippen molar-refractivity contribution < 1.29 is 0 Å². The van der Waals surface area contributed by atoms with Crippen molar-refractivity contribution in [3.8, 4) is 0 Å². The second-order valence-electron chi connectivity index (χ2n) is 27.4. The van der Waals surface area contributed by atoms with Gasteiger partial charge in [-0.2, -0.15) is 0 Å². The Bertz CT molecular complexity index is 6460. The van der Waals surface area contributed by atoms with Crippen molar-refractivity contribution in [1.29, 1.82) is 0 Å². The topological polar surface area (TPSA) is 0 Å². The van der Waals surface area contributed by atoms with Crippen LogP contribution in [0.25, 0.3) is 172 Å². The molecule has 0 heteroatoms. The van der Waals surface area contributed by atoms with E-state index in [2.05, 4.69) is 405 Å². The molecule has 586 valence electrons. The van der Waals surface area contributed by atoms with Crippen molar-refractivity contribution in [2.45, 2.75) is 132 Å². The van der Waals surface area contributed by atoms with Crippen LogP contribution in [0.2, 0.25) is 0 Å². The molecule has 0 heterocycles. The molecule has 0 saturated heterocycles. The number of hydrogen-bond donors (Lipinski definition) is 0. The molecule has 0 atom stereocenters. The molecule has 22 aromatic carbocycles. The van der Waals surface area contributed by atoms with Gasteiger partial charge in [-0.05, 0) is 241 Å². The summed E-state index contributed by atoms with van der Waals surface area (Å²) < 4.78 is 0. The van der Waals surface area contributed by atoms with E-state index in [-0.39, 0.29) is 0 Å². The summed E-state index contributed by atoms with van der Waals surface area (Å²) in [6, 6.07) is 133. The molecular weight excluding hydrogens is 1410 g/mol. The molecule has 0 unspecified atom stereocenters. The molecule has 0 aliphatic rings. The van der Waals surface area contributed by atoms with Gasteiger partial charge in [0.2, 0.25) is 0 Å². The fraction of sp³-hybridized carbons (Fsp3) is 0.162. The van der Waals surface area contributed by atoms with E-state index in [9.17, 15) is 0 Å². The number of fused-ring (bicyclic) bond motifs is 19. The summed E-state index contributed by atoms with van der Waals surface area (Å²) in [7, 11) is 0. The van der Waals surface area contributed by atoms with Gasteiger partial charge in [-0.1, -0.05) is 461 Å². The lowest BCUT2D eigenvalue weighted by molar-refractivity contribution is 1.50. The zero-order chi connectivity index (χ0) is 83.5. The summed E-state index contributed by atoms with van der Waals surface area (Å²) >= 11 is 0. The highest BCUT2D eigenvalue weighted by Gasteiger charge is 2.15. The summed E-state index contributed by atoms with van der Waals surface area (Å²) in [6.45, 7) is 39.1. The van der Waals surface area contributed by atoms with Crippen LogP contribution >= 0.6 is 0 Å². The Kier molecular flexibility index (Phi) is 31.5. The molecule has 0 radical (unpaired) electrons. The van der Waals surface area contributed by atoms with Gasteiger partial charge in [-0.25, -0.2) is 0 Å². The van der Waals surface area contributed by atoms with E-state index < -0.39 is 0 Å². The lowest BCUT2D eigenvalue weighted by atomic mass is 9.87. The Morgan fingerprint density at radius 3 is 0.573 bits per heavy atom. The van der Waals surface area contributed by atoms with Crippen LogP contribution in [0, 0.1) is 34.6 Å². The summed E-state index contributed by atoms with van der Waals surface area (Å²) in [5, 5.41) is 43.2. The molecule has 0 saturated carbocycles. The number of aryl methyl sites for hydroxylation is 5. The molecule has 22 aromatic rings. The second kappa shape index (κ2) is 42.6. The highest BCUT2D eigenvalue weighted by atomic mass is 14.2. The highest BCUT2D eigenvalue weighted by Crippen LogP contribution is 2.43. The van der Waals surface area contributed by atoms with Crippen LogP contribution < -0.4 is 0 Å². The van der Waals surface area contributed by atoms with Crippen LogP contribution in [0.5, 0.6) is 0 Å². The quantitative estimate of drug-likeness (QED) is 0.105. The Labute approximate surface area is 697 Å². The van der Waals surface area contributed by atoms with E-state index in [1.165, 1.54) is 200 Å². The van der Waals surface area contributed by atoms with Crippen LogP contribution in [0.15, 0.2) is 370 Å². The first-order valence-corrected chi connectivity index (χ1v) is 43.0. The zero-order valence-corrected chi connectivity index (χ0v) is 72.7. The van der Waals surface area contributed by atoms with Crippen LogP contribution in [0.3, 0.4) is 0 Å². The van der Waals surface area contributed by atoms with Gasteiger partial charge in [-0.3, -0.25) is 0 Å². The summed E-state index contributed by atoms with van der Waals surface area (Å²) in [4.78, 5) is 0. The first kappa shape index (κ1) is 86.7. The Hall–Kier alpha value is -12.7. The lowest BCUT2D eigenvalue weighted by Gasteiger charge is -2.16. The first-order valence-electron chi connectivity index (χ1n) is 43.0. The first-order chi connectivity index (χ1) is 57.7. The normalized spacial score (nSPS) is 10.4. The van der Waals surface area contributed by atoms with Gasteiger partial charge in [-0.15, -0.1) is 0 Å². The monoisotopic (exact) mass is 1520 g/mol. The Morgan fingerprint density at radius 1 is 0.111 bits per heavy atom. The van der Waals surface area contributed by atoms with Crippen LogP contribution in [-0.2, 0) is 0 Å². The SMILES string of the molecule is CC.CC.CC.CC.CC.CC.CC.Cc1c2ccccc2c(C)c2ccccc12.Cc1c2ccccc2cc2c1ccc1ccccc12.Cc1ccc2c3ccc(C)c4cccc(c5cccc1c52)c43.c1ccc2c(c1)ccc1c3ccccc3ccc21.c1ccc2c(c1)ccc1ccccc12.c1ccc2c(c1)ccc1ccccc12. The predicted octanol–water partition coefficient (Wildman–Crippen LogP) is 36.7. The fourth-order valence-corrected chi connectivity index (χ4v) is 16.3. The number of benzene rings is 22. The minimum atomic E-state index is 1.31. The van der Waals surface area contributed by atoms with E-state index >= 15 is 0 Å². The second-order valence-corrected chi connectivity index (χ2v) is 27.4. The van der Waals surface area contributed by atoms with Gasteiger partial charge in [0.15, 0.2) is 0 Å². The molecule has 0 fully saturated rings. The Morgan fingerprint density at radius 2 is 0.282 bits per heavy atom. The molecule has 0 amide bonds. The maximum Gasteiger partial charge on any atom is -0.00237 e. The molecular formula is C117H118. The van der Waals surface area contributed by atoms with E-state index in [1.54, 1.807) is 0 Å². The van der Waals surface area contributed by atoms with Gasteiger partial charge in [0.25, 0.3) is 0 Å². The van der Waals surface area contributed by atoms with Crippen LogP contribution in [0.1, 0.15) is 125 Å². The third kappa shape index (κ3) is 18.3. The average Bonchev–Trinajstić information content (AvgIpc) is 0.715. The minimum Gasteiger partial charge on any atom is -0.0683 e. The van der Waals surface area contributed by atoms with Crippen molar-refractivity contribution in [2.75, 3.05) is 0 Å². The molecule has 22 rings (SSSR count). The fourth-order valence-electron chi connectivity index (χ4n) is 16.3. The smallest absolute Gasteiger partial charge is 0.00237 e. The minimum absolute atomic E-state index is 1.31. The van der Waals surface area contributed by atoms with Gasteiger partial charge in [0, 0.05) is 0 Å². The maximum absolute atomic E-state index is 2.32. The van der Waals surface area contributed by atoms with Crippen molar-refractivity contribution in [1.82, 2.24) is 0 Å². The molecule has 0 N–H and O–H groups in total. The van der Waals surface area contributed by atoms with Crippen LogP contribution in [0.4, 0.5) is 0 Å². The standard InChI is InChI=1S/C22H16.C19H14.C18H12.C16H14.2C14H10.7C2H6/c1-13-9-11-19-20-12-10-14(2)16-6-4-8-18(22(16)20)17-7-3-5-15(13)21(17)19;1-13-16-8-4-3-7-15(16)12-19-17(13)11-10-14-6-2-5-9-18(14)19;1-3-7-15-13(5-1)9-11-18-16-8-4-2-6-14(16)10-12-17(15)18;1-11-13-7-3-5-9-15(13)12(2)16-10-6-4-8-14(11)16;2*1-3-7-13-11(5-1)9-10-12-6-2-4-8-14(12)13;7*1-2/h3-12H,1-2H3;2-12H,1H3;1-12H;3-10H,1-2H3;2*1-10H;7*1-2H3. The van der Waals surface area contributed by atoms with E-state index in [1.807, 2.05) is 96.9 Å². The zero-order valence-electron chi connectivity index (χ0n) is 72.7. The van der Waals surface area contributed by atoms with Crippen molar-refractivity contribution in [3.63, 3.8) is 0 Å². The molecule has 0 nitrogen and oxygen atoms in total. The predicted molar refractivity (Wildman–Crippen MR) is 533 cm³/mol. The molecule has 0 bridgehead atoms. The molecule has 0 aliphatic heterocycles.